The molecule has 0 aliphatic heterocycles. The van der Waals surface area contributed by atoms with Crippen LogP contribution in [0.3, 0.4) is 0 Å². The van der Waals surface area contributed by atoms with Gasteiger partial charge in [0.25, 0.3) is 0 Å². The van der Waals surface area contributed by atoms with E-state index in [1.807, 2.05) is 12.1 Å². The molecule has 102 valence electrons. The van der Waals surface area contributed by atoms with Crippen molar-refractivity contribution in [3.63, 3.8) is 0 Å². The Morgan fingerprint density at radius 1 is 1.39 bits per heavy atom. The van der Waals surface area contributed by atoms with Gasteiger partial charge < -0.3 is 20.1 Å². The Bertz CT molecular complexity index is 361. The number of nitrogens with zero attached hydrogens (tertiary/aromatic N) is 1. The molecule has 0 bridgehead atoms. The van der Waals surface area contributed by atoms with Crippen molar-refractivity contribution in [2.24, 2.45) is 0 Å². The summed E-state index contributed by atoms with van der Waals surface area (Å²) in [4.78, 5) is 2.19. The fraction of sp³-hybridized carbons (Fsp3) is 0.538. The Morgan fingerprint density at radius 2 is 2.17 bits per heavy atom. The number of rotatable bonds is 8. The minimum atomic E-state index is 0.166. The molecule has 0 atom stereocenters. The molecule has 0 fully saturated rings. The van der Waals surface area contributed by atoms with Crippen molar-refractivity contribution in [2.75, 3.05) is 40.4 Å². The monoisotopic (exact) mass is 272 g/mol. The molecule has 0 unspecified atom stereocenters. The molecule has 2 N–H and O–H groups in total. The lowest BCUT2D eigenvalue weighted by Crippen LogP contribution is -2.31. The van der Waals surface area contributed by atoms with E-state index in [1.54, 1.807) is 13.2 Å². The minimum Gasteiger partial charge on any atom is -0.506 e. The molecule has 5 heteroatoms. The maximum Gasteiger partial charge on any atom is 0.138 e. The molecule has 0 saturated heterocycles. The number of methoxy groups -OCH3 is 1. The lowest BCUT2D eigenvalue weighted by Gasteiger charge is -2.16. The first-order chi connectivity index (χ1) is 8.65. The number of hydrogen-bond acceptors (Lipinski definition) is 4. The molecule has 1 aromatic carbocycles. The lowest BCUT2D eigenvalue weighted by atomic mass is 10.2. The van der Waals surface area contributed by atoms with Gasteiger partial charge in [0.05, 0.1) is 11.6 Å². The molecule has 0 heterocycles. The zero-order valence-corrected chi connectivity index (χ0v) is 11.7. The van der Waals surface area contributed by atoms with Gasteiger partial charge >= 0.3 is 0 Å². The summed E-state index contributed by atoms with van der Waals surface area (Å²) in [6, 6.07) is 5.38. The van der Waals surface area contributed by atoms with Gasteiger partial charge in [-0.15, -0.1) is 0 Å². The first-order valence-corrected chi connectivity index (χ1v) is 6.37. The van der Waals surface area contributed by atoms with Crippen molar-refractivity contribution >= 4 is 11.6 Å². The summed E-state index contributed by atoms with van der Waals surface area (Å²) in [7, 11) is 3.76. The second-order valence-electron chi connectivity index (χ2n) is 4.22. The molecule has 0 saturated carbocycles. The molecular formula is C13H21ClN2O2. The van der Waals surface area contributed by atoms with Gasteiger partial charge in [0.1, 0.15) is 5.75 Å². The fourth-order valence-electron chi connectivity index (χ4n) is 1.55. The van der Waals surface area contributed by atoms with Crippen LogP contribution in [-0.2, 0) is 11.3 Å². The maximum absolute atomic E-state index is 9.72. The summed E-state index contributed by atoms with van der Waals surface area (Å²) in [6.07, 6.45) is 0. The van der Waals surface area contributed by atoms with E-state index in [-0.39, 0.29) is 5.75 Å². The average molecular weight is 273 g/mol. The van der Waals surface area contributed by atoms with Gasteiger partial charge in [0.2, 0.25) is 0 Å². The van der Waals surface area contributed by atoms with Gasteiger partial charge in [0, 0.05) is 38.9 Å². The van der Waals surface area contributed by atoms with E-state index >= 15 is 0 Å². The van der Waals surface area contributed by atoms with Crippen LogP contribution in [0, 0.1) is 0 Å². The number of likely N-dealkylation sites (N-methyl/N-ethyl adjacent to an activating group) is 1. The number of ether oxygens (including phenoxy) is 1. The van der Waals surface area contributed by atoms with Crippen molar-refractivity contribution in [1.29, 1.82) is 0 Å². The van der Waals surface area contributed by atoms with E-state index in [0.29, 0.717) is 11.6 Å². The molecule has 1 aromatic rings. The van der Waals surface area contributed by atoms with Crippen molar-refractivity contribution < 1.29 is 9.84 Å². The standard InChI is InChI=1S/C13H21ClN2O2/c1-16(8-9-18-2)7-6-15-10-11-4-3-5-12(14)13(11)17/h3-5,15,17H,6-10H2,1-2H3. The highest BCUT2D eigenvalue weighted by Gasteiger charge is 2.04. The molecule has 4 nitrogen and oxygen atoms in total. The third-order valence-corrected chi connectivity index (χ3v) is 3.04. The van der Waals surface area contributed by atoms with E-state index in [2.05, 4.69) is 17.3 Å². The predicted octanol–water partition coefficient (Wildman–Crippen LogP) is 1.71. The van der Waals surface area contributed by atoms with Crippen LogP contribution in [0.2, 0.25) is 5.02 Å². The smallest absolute Gasteiger partial charge is 0.138 e. The Hall–Kier alpha value is -0.810. The third kappa shape index (κ3) is 5.23. The Morgan fingerprint density at radius 3 is 2.89 bits per heavy atom. The number of halogens is 1. The van der Waals surface area contributed by atoms with E-state index < -0.39 is 0 Å². The zero-order valence-electron chi connectivity index (χ0n) is 10.9. The summed E-state index contributed by atoms with van der Waals surface area (Å²) in [5.74, 6) is 0.166. The summed E-state index contributed by atoms with van der Waals surface area (Å²) < 4.78 is 5.01. The average Bonchev–Trinajstić information content (AvgIpc) is 2.37. The predicted molar refractivity (Wildman–Crippen MR) is 74.2 cm³/mol. The van der Waals surface area contributed by atoms with Crippen molar-refractivity contribution in [1.82, 2.24) is 10.2 Å². The molecule has 18 heavy (non-hydrogen) atoms. The first-order valence-electron chi connectivity index (χ1n) is 5.99. The molecule has 0 amide bonds. The van der Waals surface area contributed by atoms with Crippen LogP contribution >= 0.6 is 11.6 Å². The third-order valence-electron chi connectivity index (χ3n) is 2.73. The fourth-order valence-corrected chi connectivity index (χ4v) is 1.75. The second-order valence-corrected chi connectivity index (χ2v) is 4.63. The minimum absolute atomic E-state index is 0.166. The number of phenols is 1. The summed E-state index contributed by atoms with van der Waals surface area (Å²) in [5, 5.41) is 13.4. The van der Waals surface area contributed by atoms with Crippen molar-refractivity contribution in [3.8, 4) is 5.75 Å². The largest absolute Gasteiger partial charge is 0.506 e. The molecule has 0 spiro atoms. The molecule has 0 aliphatic rings. The number of phenolic OH excluding ortho intramolecular Hbond substituents is 1. The van der Waals surface area contributed by atoms with E-state index in [4.69, 9.17) is 16.3 Å². The summed E-state index contributed by atoms with van der Waals surface area (Å²) in [5.41, 5.74) is 0.821. The van der Waals surface area contributed by atoms with Gasteiger partial charge in [-0.2, -0.15) is 0 Å². The van der Waals surface area contributed by atoms with Gasteiger partial charge in [0.15, 0.2) is 0 Å². The Kier molecular flexibility index (Phi) is 7.05. The quantitative estimate of drug-likeness (QED) is 0.708. The number of nitrogens with one attached hydrogen (secondary N) is 1. The molecule has 0 aliphatic carbocycles. The van der Waals surface area contributed by atoms with Crippen LogP contribution < -0.4 is 5.32 Å². The van der Waals surface area contributed by atoms with Gasteiger partial charge in [-0.3, -0.25) is 0 Å². The van der Waals surface area contributed by atoms with Crippen LogP contribution in [0.25, 0.3) is 0 Å². The van der Waals surface area contributed by atoms with E-state index in [0.717, 1.165) is 31.8 Å². The number of aromatic hydroxyl groups is 1. The lowest BCUT2D eigenvalue weighted by molar-refractivity contribution is 0.161. The molecule has 0 radical (unpaired) electrons. The maximum atomic E-state index is 9.72. The number of para-hydroxylation sites is 1. The molecular weight excluding hydrogens is 252 g/mol. The van der Waals surface area contributed by atoms with Gasteiger partial charge in [-0.1, -0.05) is 23.7 Å². The van der Waals surface area contributed by atoms with Crippen LogP contribution in [0.5, 0.6) is 5.75 Å². The summed E-state index contributed by atoms with van der Waals surface area (Å²) >= 11 is 5.83. The van der Waals surface area contributed by atoms with Crippen LogP contribution in [0.15, 0.2) is 18.2 Å². The van der Waals surface area contributed by atoms with Crippen molar-refractivity contribution in [2.45, 2.75) is 6.54 Å². The molecule has 1 rings (SSSR count). The second kappa shape index (κ2) is 8.32. The van der Waals surface area contributed by atoms with Gasteiger partial charge in [-0.25, -0.2) is 0 Å². The van der Waals surface area contributed by atoms with E-state index in [9.17, 15) is 5.11 Å². The van der Waals surface area contributed by atoms with Crippen LogP contribution in [0.4, 0.5) is 0 Å². The Labute approximate surface area is 114 Å². The first kappa shape index (κ1) is 15.2. The highest BCUT2D eigenvalue weighted by atomic mass is 35.5. The van der Waals surface area contributed by atoms with Crippen LogP contribution in [0.1, 0.15) is 5.56 Å². The van der Waals surface area contributed by atoms with Crippen molar-refractivity contribution in [3.05, 3.63) is 28.8 Å². The normalized spacial score (nSPS) is 11.1. The zero-order chi connectivity index (χ0) is 13.4. The number of hydrogen-bond donors (Lipinski definition) is 2. The van der Waals surface area contributed by atoms with Crippen LogP contribution in [-0.4, -0.2) is 50.4 Å². The highest BCUT2D eigenvalue weighted by molar-refractivity contribution is 6.32. The molecule has 0 aromatic heterocycles. The number of benzene rings is 1. The van der Waals surface area contributed by atoms with Gasteiger partial charge in [-0.05, 0) is 13.1 Å². The Balaban J connectivity index is 2.23. The van der Waals surface area contributed by atoms with E-state index in [1.165, 1.54) is 0 Å². The highest BCUT2D eigenvalue weighted by Crippen LogP contribution is 2.26. The SMILES string of the molecule is COCCN(C)CCNCc1cccc(Cl)c1O. The topological polar surface area (TPSA) is 44.7 Å². The summed E-state index contributed by atoms with van der Waals surface area (Å²) in [6.45, 7) is 4.06.